The fraction of sp³-hybridized carbons (Fsp3) is 0.0714. The molecule has 0 saturated carbocycles. The van der Waals surface area contributed by atoms with Crippen molar-refractivity contribution in [3.05, 3.63) is 59.1 Å². The highest BCUT2D eigenvalue weighted by Gasteiger charge is 2.14. The third kappa shape index (κ3) is 3.71. The molecule has 1 N–H and O–H groups in total. The second-order valence-electron chi connectivity index (χ2n) is 3.81. The Hall–Kier alpha value is -1.59. The van der Waals surface area contributed by atoms with E-state index in [1.807, 2.05) is 0 Å². The van der Waals surface area contributed by atoms with E-state index in [0.29, 0.717) is 32.9 Å². The molecule has 0 radical (unpaired) electrons. The number of halogens is 3. The van der Waals surface area contributed by atoms with Gasteiger partial charge in [-0.2, -0.15) is 8.78 Å². The number of carbonyl (C=O) groups excluding carboxylic acids is 1. The zero-order valence-corrected chi connectivity index (χ0v) is 11.7. The monoisotopic (exact) mass is 313 g/mol. The number of anilines is 1. The van der Waals surface area contributed by atoms with E-state index in [1.165, 1.54) is 6.07 Å². The van der Waals surface area contributed by atoms with Crippen molar-refractivity contribution in [3.8, 4) is 0 Å². The number of carbonyl (C=O) groups is 1. The molecule has 0 bridgehead atoms. The van der Waals surface area contributed by atoms with Gasteiger partial charge >= 0.3 is 0 Å². The molecule has 0 heterocycles. The van der Waals surface area contributed by atoms with Crippen LogP contribution in [-0.4, -0.2) is 11.7 Å². The Kier molecular flexibility index (Phi) is 4.98. The molecule has 0 unspecified atom stereocenters. The quantitative estimate of drug-likeness (QED) is 0.813. The van der Waals surface area contributed by atoms with Crippen LogP contribution >= 0.6 is 23.4 Å². The fourth-order valence-corrected chi connectivity index (χ4v) is 2.42. The summed E-state index contributed by atoms with van der Waals surface area (Å²) in [6, 6.07) is 12.9. The normalized spacial score (nSPS) is 10.6. The first-order valence-electron chi connectivity index (χ1n) is 5.67. The van der Waals surface area contributed by atoms with Gasteiger partial charge in [-0.3, -0.25) is 4.79 Å². The van der Waals surface area contributed by atoms with E-state index >= 15 is 0 Å². The van der Waals surface area contributed by atoms with E-state index in [-0.39, 0.29) is 0 Å². The number of alkyl halides is 2. The topological polar surface area (TPSA) is 29.1 Å². The first-order valence-corrected chi connectivity index (χ1v) is 6.93. The second kappa shape index (κ2) is 6.72. The maximum Gasteiger partial charge on any atom is 0.288 e. The molecule has 1 amide bonds. The average molecular weight is 314 g/mol. The summed E-state index contributed by atoms with van der Waals surface area (Å²) in [6.07, 6.45) is 0. The highest BCUT2D eigenvalue weighted by molar-refractivity contribution is 7.99. The van der Waals surface area contributed by atoms with Crippen LogP contribution in [0.15, 0.2) is 53.4 Å². The summed E-state index contributed by atoms with van der Waals surface area (Å²) < 4.78 is 24.9. The molecule has 6 heteroatoms. The lowest BCUT2D eigenvalue weighted by Gasteiger charge is -2.11. The van der Waals surface area contributed by atoms with Crippen molar-refractivity contribution in [2.45, 2.75) is 10.7 Å². The lowest BCUT2D eigenvalue weighted by molar-refractivity contribution is 0.102. The molecule has 0 aliphatic rings. The number of benzene rings is 2. The Bertz CT molecular complexity index is 622. The number of rotatable bonds is 4. The summed E-state index contributed by atoms with van der Waals surface area (Å²) in [5.41, 5.74) is 0.633. The van der Waals surface area contributed by atoms with Crippen molar-refractivity contribution in [2.75, 3.05) is 5.32 Å². The van der Waals surface area contributed by atoms with Gasteiger partial charge in [-0.25, -0.2) is 0 Å². The molecule has 0 aromatic heterocycles. The first-order chi connectivity index (χ1) is 9.58. The summed E-state index contributed by atoms with van der Waals surface area (Å²) in [5.74, 6) is -2.98. The number of hydrogen-bond donors (Lipinski definition) is 1. The Morgan fingerprint density at radius 3 is 2.45 bits per heavy atom. The summed E-state index contributed by atoms with van der Waals surface area (Å²) in [5, 5.41) is 2.90. The van der Waals surface area contributed by atoms with E-state index in [2.05, 4.69) is 5.32 Å². The van der Waals surface area contributed by atoms with Crippen LogP contribution in [0.25, 0.3) is 0 Å². The summed E-state index contributed by atoms with van der Waals surface area (Å²) in [7, 11) is 0. The van der Waals surface area contributed by atoms with Crippen LogP contribution < -0.4 is 5.32 Å². The molecule has 2 nitrogen and oxygen atoms in total. The Balaban J connectivity index is 2.22. The molecule has 0 fully saturated rings. The third-order valence-electron chi connectivity index (χ3n) is 2.47. The van der Waals surface area contributed by atoms with Gasteiger partial charge in [-0.1, -0.05) is 47.6 Å². The molecule has 0 spiro atoms. The number of para-hydroxylation sites is 1. The van der Waals surface area contributed by atoms with Crippen molar-refractivity contribution >= 4 is 35.0 Å². The van der Waals surface area contributed by atoms with Gasteiger partial charge in [0.1, 0.15) is 0 Å². The fourth-order valence-electron chi connectivity index (χ4n) is 1.60. The molecular weight excluding hydrogens is 304 g/mol. The van der Waals surface area contributed by atoms with Gasteiger partial charge < -0.3 is 5.32 Å². The zero-order valence-electron chi connectivity index (χ0n) is 10.1. The SMILES string of the molecule is O=C(Nc1ccccc1SC(F)F)c1ccccc1Cl. The molecular formula is C14H10ClF2NOS. The molecule has 0 saturated heterocycles. The molecule has 2 aromatic carbocycles. The average Bonchev–Trinajstić information content (AvgIpc) is 2.41. The Morgan fingerprint density at radius 1 is 1.10 bits per heavy atom. The summed E-state index contributed by atoms with van der Waals surface area (Å²) in [6.45, 7) is 0. The van der Waals surface area contributed by atoms with Crippen molar-refractivity contribution in [2.24, 2.45) is 0 Å². The van der Waals surface area contributed by atoms with E-state index in [4.69, 9.17) is 11.6 Å². The van der Waals surface area contributed by atoms with Crippen LogP contribution in [0, 0.1) is 0 Å². The predicted octanol–water partition coefficient (Wildman–Crippen LogP) is 4.91. The van der Waals surface area contributed by atoms with Crippen molar-refractivity contribution < 1.29 is 13.6 Å². The van der Waals surface area contributed by atoms with Crippen LogP contribution in [0.2, 0.25) is 5.02 Å². The van der Waals surface area contributed by atoms with Crippen LogP contribution in [0.1, 0.15) is 10.4 Å². The van der Waals surface area contributed by atoms with Crippen molar-refractivity contribution in [1.29, 1.82) is 0 Å². The van der Waals surface area contributed by atoms with Gasteiger partial charge in [0.05, 0.1) is 16.3 Å². The summed E-state index contributed by atoms with van der Waals surface area (Å²) in [4.78, 5) is 12.4. The zero-order chi connectivity index (χ0) is 14.5. The highest BCUT2D eigenvalue weighted by atomic mass is 35.5. The van der Waals surface area contributed by atoms with E-state index < -0.39 is 11.7 Å². The van der Waals surface area contributed by atoms with Crippen LogP contribution in [-0.2, 0) is 0 Å². The number of thioether (sulfide) groups is 1. The van der Waals surface area contributed by atoms with Crippen LogP contribution in [0.5, 0.6) is 0 Å². The van der Waals surface area contributed by atoms with Gasteiger partial charge in [0.2, 0.25) is 0 Å². The maximum absolute atomic E-state index is 12.5. The van der Waals surface area contributed by atoms with Crippen LogP contribution in [0.4, 0.5) is 14.5 Å². The molecule has 2 rings (SSSR count). The lowest BCUT2D eigenvalue weighted by atomic mass is 10.2. The van der Waals surface area contributed by atoms with Crippen molar-refractivity contribution in [1.82, 2.24) is 0 Å². The Morgan fingerprint density at radius 2 is 1.75 bits per heavy atom. The number of nitrogens with one attached hydrogen (secondary N) is 1. The first kappa shape index (κ1) is 14.8. The minimum Gasteiger partial charge on any atom is -0.321 e. The molecule has 0 atom stereocenters. The Labute approximate surface area is 124 Å². The molecule has 0 aliphatic carbocycles. The molecule has 104 valence electrons. The lowest BCUT2D eigenvalue weighted by Crippen LogP contribution is -2.13. The molecule has 2 aromatic rings. The van der Waals surface area contributed by atoms with E-state index in [9.17, 15) is 13.6 Å². The van der Waals surface area contributed by atoms with Gasteiger partial charge in [-0.05, 0) is 24.3 Å². The summed E-state index contributed by atoms with van der Waals surface area (Å²) >= 11 is 6.31. The maximum atomic E-state index is 12.5. The number of amides is 1. The largest absolute Gasteiger partial charge is 0.321 e. The minimum absolute atomic E-state index is 0.297. The predicted molar refractivity (Wildman–Crippen MR) is 77.7 cm³/mol. The number of hydrogen-bond acceptors (Lipinski definition) is 2. The van der Waals surface area contributed by atoms with E-state index in [1.54, 1.807) is 42.5 Å². The molecule has 20 heavy (non-hydrogen) atoms. The minimum atomic E-state index is -2.55. The van der Waals surface area contributed by atoms with Gasteiger partial charge in [0.15, 0.2) is 0 Å². The van der Waals surface area contributed by atoms with Crippen molar-refractivity contribution in [3.63, 3.8) is 0 Å². The second-order valence-corrected chi connectivity index (χ2v) is 5.25. The third-order valence-corrected chi connectivity index (χ3v) is 3.59. The smallest absolute Gasteiger partial charge is 0.288 e. The standard InChI is InChI=1S/C14H10ClF2NOS/c15-10-6-2-1-5-9(10)13(19)18-11-7-3-4-8-12(11)20-14(16)17/h1-8,14H,(H,18,19). The van der Waals surface area contributed by atoms with Gasteiger partial charge in [0, 0.05) is 4.90 Å². The highest BCUT2D eigenvalue weighted by Crippen LogP contribution is 2.32. The molecule has 0 aliphatic heterocycles. The van der Waals surface area contributed by atoms with E-state index in [0.717, 1.165) is 0 Å². The van der Waals surface area contributed by atoms with Gasteiger partial charge in [0.25, 0.3) is 11.7 Å². The van der Waals surface area contributed by atoms with Crippen LogP contribution in [0.3, 0.4) is 0 Å². The van der Waals surface area contributed by atoms with Gasteiger partial charge in [-0.15, -0.1) is 0 Å².